The lowest BCUT2D eigenvalue weighted by Gasteiger charge is -2.14. The Balaban J connectivity index is 2.24. The van der Waals surface area contributed by atoms with Crippen LogP contribution in [0, 0.1) is 13.8 Å². The van der Waals surface area contributed by atoms with E-state index < -0.39 is 5.97 Å². The molecular formula is C18H19NO3. The summed E-state index contributed by atoms with van der Waals surface area (Å²) in [6.07, 6.45) is 2.17. The van der Waals surface area contributed by atoms with Gasteiger partial charge in [-0.15, -0.1) is 0 Å². The highest BCUT2D eigenvalue weighted by molar-refractivity contribution is 6.00. The first-order chi connectivity index (χ1) is 10.5. The van der Waals surface area contributed by atoms with E-state index in [4.69, 9.17) is 5.11 Å². The molecule has 0 bridgehead atoms. The van der Waals surface area contributed by atoms with E-state index in [1.54, 1.807) is 4.57 Å². The molecule has 0 radical (unpaired) electrons. The zero-order valence-corrected chi connectivity index (χ0v) is 12.8. The van der Waals surface area contributed by atoms with Crippen LogP contribution in [0.2, 0.25) is 0 Å². The van der Waals surface area contributed by atoms with Gasteiger partial charge in [-0.05, 0) is 37.8 Å². The molecule has 0 fully saturated rings. The van der Waals surface area contributed by atoms with Crippen LogP contribution in [0.1, 0.15) is 40.2 Å². The second kappa shape index (κ2) is 5.44. The van der Waals surface area contributed by atoms with Crippen LogP contribution in [0.25, 0.3) is 11.1 Å². The number of carbonyl (C=O) groups excluding carboxylic acids is 1. The molecule has 1 aromatic heterocycles. The van der Waals surface area contributed by atoms with E-state index in [2.05, 4.69) is 0 Å². The van der Waals surface area contributed by atoms with E-state index in [9.17, 15) is 9.59 Å². The molecule has 1 aromatic carbocycles. The number of ketones is 1. The van der Waals surface area contributed by atoms with Crippen molar-refractivity contribution in [2.75, 3.05) is 0 Å². The van der Waals surface area contributed by atoms with Gasteiger partial charge in [0.1, 0.15) is 6.54 Å². The Kier molecular flexibility index (Phi) is 3.61. The van der Waals surface area contributed by atoms with Gasteiger partial charge in [0, 0.05) is 17.7 Å². The summed E-state index contributed by atoms with van der Waals surface area (Å²) < 4.78 is 1.67. The summed E-state index contributed by atoms with van der Waals surface area (Å²) in [6.45, 7) is 3.78. The average molecular weight is 297 g/mol. The van der Waals surface area contributed by atoms with Crippen molar-refractivity contribution in [1.29, 1.82) is 0 Å². The average Bonchev–Trinajstić information content (AvgIpc) is 2.74. The Morgan fingerprint density at radius 2 is 1.86 bits per heavy atom. The van der Waals surface area contributed by atoms with E-state index in [0.717, 1.165) is 35.2 Å². The Bertz CT molecular complexity index is 754. The number of fused-ring (bicyclic) bond motifs is 1. The molecule has 1 N–H and O–H groups in total. The number of aromatic nitrogens is 1. The van der Waals surface area contributed by atoms with E-state index in [1.165, 1.54) is 5.56 Å². The molecule has 0 atom stereocenters. The third-order valence-corrected chi connectivity index (χ3v) is 4.35. The summed E-state index contributed by atoms with van der Waals surface area (Å²) in [5, 5.41) is 9.16. The van der Waals surface area contributed by atoms with Gasteiger partial charge in [-0.1, -0.05) is 29.8 Å². The molecule has 3 rings (SSSR count). The van der Waals surface area contributed by atoms with E-state index in [1.807, 2.05) is 38.1 Å². The number of hydrogen-bond donors (Lipinski definition) is 1. The molecule has 0 aliphatic heterocycles. The highest BCUT2D eigenvalue weighted by atomic mass is 16.4. The second-order valence-electron chi connectivity index (χ2n) is 5.91. The molecule has 4 nitrogen and oxygen atoms in total. The maximum absolute atomic E-state index is 12.3. The maximum Gasteiger partial charge on any atom is 0.323 e. The molecule has 1 heterocycles. The number of aliphatic carboxylic acids is 1. The van der Waals surface area contributed by atoms with Crippen molar-refractivity contribution in [1.82, 2.24) is 4.57 Å². The van der Waals surface area contributed by atoms with Crippen molar-refractivity contribution in [2.45, 2.75) is 39.7 Å². The van der Waals surface area contributed by atoms with Gasteiger partial charge in [-0.3, -0.25) is 9.59 Å². The minimum Gasteiger partial charge on any atom is -0.480 e. The minimum absolute atomic E-state index is 0.0592. The van der Waals surface area contributed by atoms with Crippen molar-refractivity contribution < 1.29 is 14.7 Å². The van der Waals surface area contributed by atoms with Gasteiger partial charge < -0.3 is 9.67 Å². The van der Waals surface area contributed by atoms with Gasteiger partial charge >= 0.3 is 5.97 Å². The molecule has 1 aliphatic carbocycles. The Hall–Kier alpha value is -2.36. The van der Waals surface area contributed by atoms with Gasteiger partial charge in [0.05, 0.1) is 5.69 Å². The predicted octanol–water partition coefficient (Wildman–Crippen LogP) is 3.38. The number of rotatable bonds is 3. The quantitative estimate of drug-likeness (QED) is 0.945. The lowest BCUT2D eigenvalue weighted by Crippen LogP contribution is -2.19. The number of aryl methyl sites for hydroxylation is 1. The summed E-state index contributed by atoms with van der Waals surface area (Å²) in [5.74, 6) is -0.862. The molecule has 0 unspecified atom stereocenters. The highest BCUT2D eigenvalue weighted by Crippen LogP contribution is 2.36. The normalized spacial score (nSPS) is 14.0. The third kappa shape index (κ3) is 2.34. The fraction of sp³-hybridized carbons (Fsp3) is 0.333. The Morgan fingerprint density at radius 3 is 2.50 bits per heavy atom. The molecule has 0 saturated heterocycles. The molecule has 4 heteroatoms. The summed E-state index contributed by atoms with van der Waals surface area (Å²) in [5.41, 5.74) is 5.74. The monoisotopic (exact) mass is 297 g/mol. The number of carboxylic acid groups (broad SMARTS) is 1. The topological polar surface area (TPSA) is 59.3 Å². The van der Waals surface area contributed by atoms with E-state index >= 15 is 0 Å². The first-order valence-corrected chi connectivity index (χ1v) is 7.53. The van der Waals surface area contributed by atoms with Crippen LogP contribution < -0.4 is 0 Å². The van der Waals surface area contributed by atoms with Gasteiger partial charge in [0.15, 0.2) is 5.78 Å². The summed E-state index contributed by atoms with van der Waals surface area (Å²) in [7, 11) is 0. The number of carboxylic acids is 1. The molecular weight excluding hydrogens is 278 g/mol. The smallest absolute Gasteiger partial charge is 0.323 e. The molecule has 114 valence electrons. The first-order valence-electron chi connectivity index (χ1n) is 7.53. The second-order valence-corrected chi connectivity index (χ2v) is 5.91. The van der Waals surface area contributed by atoms with Crippen LogP contribution in [-0.2, 0) is 17.8 Å². The molecule has 22 heavy (non-hydrogen) atoms. The number of hydrogen-bond acceptors (Lipinski definition) is 2. The van der Waals surface area contributed by atoms with Crippen molar-refractivity contribution in [3.8, 4) is 11.1 Å². The largest absolute Gasteiger partial charge is 0.480 e. The summed E-state index contributed by atoms with van der Waals surface area (Å²) in [4.78, 5) is 23.5. The summed E-state index contributed by atoms with van der Waals surface area (Å²) >= 11 is 0. The van der Waals surface area contributed by atoms with Crippen LogP contribution in [0.4, 0.5) is 0 Å². The van der Waals surface area contributed by atoms with Gasteiger partial charge in [0.25, 0.3) is 0 Å². The lowest BCUT2D eigenvalue weighted by atomic mass is 9.90. The van der Waals surface area contributed by atoms with Crippen molar-refractivity contribution in [3.05, 3.63) is 46.8 Å². The summed E-state index contributed by atoms with van der Waals surface area (Å²) in [6, 6.07) is 8.17. The van der Waals surface area contributed by atoms with Gasteiger partial charge in [0.2, 0.25) is 0 Å². The number of nitrogens with zero attached hydrogens (tertiary/aromatic N) is 1. The number of Topliss-reactive ketones (excluding diaryl/α,β-unsaturated/α-hetero) is 1. The third-order valence-electron chi connectivity index (χ3n) is 4.35. The SMILES string of the molecule is Cc1ccc(-c2c3c(n(CC(=O)O)c2C)C(=O)CCC3)cc1. The van der Waals surface area contributed by atoms with E-state index in [-0.39, 0.29) is 12.3 Å². The van der Waals surface area contributed by atoms with Crippen LogP contribution in [0.15, 0.2) is 24.3 Å². The molecule has 0 amide bonds. The highest BCUT2D eigenvalue weighted by Gasteiger charge is 2.29. The van der Waals surface area contributed by atoms with Crippen LogP contribution in [0.5, 0.6) is 0 Å². The molecule has 0 spiro atoms. The fourth-order valence-electron chi connectivity index (χ4n) is 3.34. The van der Waals surface area contributed by atoms with Crippen molar-refractivity contribution in [2.24, 2.45) is 0 Å². The fourth-order valence-corrected chi connectivity index (χ4v) is 3.34. The lowest BCUT2D eigenvalue weighted by molar-refractivity contribution is -0.137. The van der Waals surface area contributed by atoms with Gasteiger partial charge in [-0.25, -0.2) is 0 Å². The van der Waals surface area contributed by atoms with Crippen molar-refractivity contribution >= 4 is 11.8 Å². The maximum atomic E-state index is 12.3. The zero-order valence-electron chi connectivity index (χ0n) is 12.8. The molecule has 0 saturated carbocycles. The standard InChI is InChI=1S/C18H19NO3/c1-11-6-8-13(9-7-11)17-12(2)19(10-16(21)22)18-14(17)4-3-5-15(18)20/h6-9H,3-5,10H2,1-2H3,(H,21,22). The van der Waals surface area contributed by atoms with Crippen LogP contribution >= 0.6 is 0 Å². The number of benzene rings is 1. The van der Waals surface area contributed by atoms with E-state index in [0.29, 0.717) is 12.1 Å². The molecule has 2 aromatic rings. The minimum atomic E-state index is -0.922. The Labute approximate surface area is 129 Å². The van der Waals surface area contributed by atoms with Crippen LogP contribution in [-0.4, -0.2) is 21.4 Å². The predicted molar refractivity (Wildman–Crippen MR) is 84.2 cm³/mol. The Morgan fingerprint density at radius 1 is 1.18 bits per heavy atom. The number of carbonyl (C=O) groups is 2. The zero-order chi connectivity index (χ0) is 15.9. The first kappa shape index (κ1) is 14.6. The van der Waals surface area contributed by atoms with Crippen molar-refractivity contribution in [3.63, 3.8) is 0 Å². The molecule has 1 aliphatic rings. The van der Waals surface area contributed by atoms with Crippen LogP contribution in [0.3, 0.4) is 0 Å². The van der Waals surface area contributed by atoms with Gasteiger partial charge in [-0.2, -0.15) is 0 Å².